The topological polar surface area (TPSA) is 72.2 Å². The highest BCUT2D eigenvalue weighted by molar-refractivity contribution is 7.89. The predicted molar refractivity (Wildman–Crippen MR) is 88.7 cm³/mol. The van der Waals surface area contributed by atoms with E-state index in [9.17, 15) is 8.42 Å². The number of hydrogen-bond acceptors (Lipinski definition) is 4. The Hall–Kier alpha value is -2.18. The second-order valence-electron chi connectivity index (χ2n) is 5.63. The number of rotatable bonds is 4. The van der Waals surface area contributed by atoms with Gasteiger partial charge in [0.25, 0.3) is 0 Å². The molecular formula is C17H18N2O3S. The second-order valence-corrected chi connectivity index (χ2v) is 7.33. The lowest BCUT2D eigenvalue weighted by Gasteiger charge is -2.12. The second kappa shape index (κ2) is 5.79. The van der Waals surface area contributed by atoms with Crippen molar-refractivity contribution >= 4 is 21.1 Å². The minimum Gasteiger partial charge on any atom is -0.439 e. The zero-order chi connectivity index (χ0) is 16.6. The Labute approximate surface area is 135 Å². The van der Waals surface area contributed by atoms with Gasteiger partial charge in [-0.25, -0.2) is 18.1 Å². The maximum atomic E-state index is 12.6. The molecular weight excluding hydrogens is 312 g/mol. The molecule has 3 aromatic rings. The first kappa shape index (κ1) is 15.7. The molecule has 1 N–H and O–H groups in total. The summed E-state index contributed by atoms with van der Waals surface area (Å²) in [5.74, 6) is 0.345. The Morgan fingerprint density at radius 1 is 1.09 bits per heavy atom. The molecule has 2 aromatic carbocycles. The van der Waals surface area contributed by atoms with Crippen LogP contribution >= 0.6 is 0 Å². The Balaban J connectivity index is 1.87. The van der Waals surface area contributed by atoms with Gasteiger partial charge in [-0.05, 0) is 44.0 Å². The van der Waals surface area contributed by atoms with E-state index in [0.717, 1.165) is 16.7 Å². The summed E-state index contributed by atoms with van der Waals surface area (Å²) < 4.78 is 33.3. The summed E-state index contributed by atoms with van der Waals surface area (Å²) in [5, 5.41) is 0. The quantitative estimate of drug-likeness (QED) is 0.797. The summed E-state index contributed by atoms with van der Waals surface area (Å²) in [6, 6.07) is 11.1. The van der Waals surface area contributed by atoms with Crippen molar-refractivity contribution in [3.05, 3.63) is 59.0 Å². The molecule has 0 spiro atoms. The fourth-order valence-electron chi connectivity index (χ4n) is 2.82. The average molecular weight is 330 g/mol. The van der Waals surface area contributed by atoms with Crippen molar-refractivity contribution in [3.63, 3.8) is 0 Å². The highest BCUT2D eigenvalue weighted by atomic mass is 32.2. The van der Waals surface area contributed by atoms with E-state index in [2.05, 4.69) is 9.71 Å². The molecule has 0 aliphatic carbocycles. The summed E-state index contributed by atoms with van der Waals surface area (Å²) >= 11 is 0. The van der Waals surface area contributed by atoms with Crippen LogP contribution < -0.4 is 4.72 Å². The molecule has 0 saturated carbocycles. The minimum absolute atomic E-state index is 0.0176. The lowest BCUT2D eigenvalue weighted by molar-refractivity contribution is 0.513. The maximum Gasteiger partial charge on any atom is 0.241 e. The maximum absolute atomic E-state index is 12.6. The van der Waals surface area contributed by atoms with Gasteiger partial charge >= 0.3 is 0 Å². The predicted octanol–water partition coefficient (Wildman–Crippen LogP) is 3.23. The SMILES string of the molecule is Cc1cc(C)c(S(=O)(=O)NCc2nc3ccccc3o2)c(C)c1. The molecule has 1 heterocycles. The molecule has 0 fully saturated rings. The molecule has 0 atom stereocenters. The van der Waals surface area contributed by atoms with Gasteiger partial charge in [0.05, 0.1) is 11.4 Å². The number of para-hydroxylation sites is 2. The van der Waals surface area contributed by atoms with Gasteiger partial charge in [0.1, 0.15) is 5.52 Å². The van der Waals surface area contributed by atoms with Gasteiger partial charge in [-0.15, -0.1) is 0 Å². The standard InChI is InChI=1S/C17H18N2O3S/c1-11-8-12(2)17(13(3)9-11)23(20,21)18-10-16-19-14-6-4-5-7-15(14)22-16/h4-9,18H,10H2,1-3H3. The van der Waals surface area contributed by atoms with Crippen LogP contribution in [-0.4, -0.2) is 13.4 Å². The van der Waals surface area contributed by atoms with E-state index in [-0.39, 0.29) is 6.54 Å². The molecule has 6 heteroatoms. The average Bonchev–Trinajstić information content (AvgIpc) is 2.86. The molecule has 0 aliphatic heterocycles. The van der Waals surface area contributed by atoms with Crippen LogP contribution in [0.15, 0.2) is 45.7 Å². The minimum atomic E-state index is -3.62. The monoisotopic (exact) mass is 330 g/mol. The normalized spacial score (nSPS) is 12.0. The largest absolute Gasteiger partial charge is 0.439 e. The van der Waals surface area contributed by atoms with E-state index in [0.29, 0.717) is 21.9 Å². The molecule has 23 heavy (non-hydrogen) atoms. The highest BCUT2D eigenvalue weighted by Gasteiger charge is 2.20. The molecule has 5 nitrogen and oxygen atoms in total. The Morgan fingerprint density at radius 3 is 2.39 bits per heavy atom. The third-order valence-electron chi connectivity index (χ3n) is 3.62. The first-order chi connectivity index (χ1) is 10.9. The van der Waals surface area contributed by atoms with Gasteiger partial charge in [0.15, 0.2) is 5.58 Å². The summed E-state index contributed by atoms with van der Waals surface area (Å²) in [5.41, 5.74) is 3.85. The van der Waals surface area contributed by atoms with Gasteiger partial charge < -0.3 is 4.42 Å². The third-order valence-corrected chi connectivity index (χ3v) is 5.33. The highest BCUT2D eigenvalue weighted by Crippen LogP contribution is 2.22. The fraction of sp³-hybridized carbons (Fsp3) is 0.235. The summed E-state index contributed by atoms with van der Waals surface area (Å²) in [6.45, 7) is 5.56. The Kier molecular flexibility index (Phi) is 3.95. The van der Waals surface area contributed by atoms with Gasteiger partial charge in [-0.2, -0.15) is 0 Å². The van der Waals surface area contributed by atoms with Gasteiger partial charge in [-0.1, -0.05) is 29.8 Å². The van der Waals surface area contributed by atoms with Crippen molar-refractivity contribution in [2.24, 2.45) is 0 Å². The van der Waals surface area contributed by atoms with Crippen LogP contribution in [0.1, 0.15) is 22.6 Å². The molecule has 1 aromatic heterocycles. The fourth-order valence-corrected chi connectivity index (χ4v) is 4.24. The van der Waals surface area contributed by atoms with Crippen molar-refractivity contribution in [2.45, 2.75) is 32.2 Å². The van der Waals surface area contributed by atoms with Crippen LogP contribution in [0, 0.1) is 20.8 Å². The Bertz CT molecular complexity index is 918. The molecule has 0 bridgehead atoms. The lowest BCUT2D eigenvalue weighted by Crippen LogP contribution is -2.25. The van der Waals surface area contributed by atoms with Crippen molar-refractivity contribution < 1.29 is 12.8 Å². The number of aromatic nitrogens is 1. The number of nitrogens with one attached hydrogen (secondary N) is 1. The lowest BCUT2D eigenvalue weighted by atomic mass is 10.1. The number of fused-ring (bicyclic) bond motifs is 1. The van der Waals surface area contributed by atoms with Crippen LogP contribution in [-0.2, 0) is 16.6 Å². The van der Waals surface area contributed by atoms with Crippen LogP contribution in [0.4, 0.5) is 0 Å². The molecule has 0 saturated heterocycles. The van der Waals surface area contributed by atoms with Crippen molar-refractivity contribution in [1.82, 2.24) is 9.71 Å². The first-order valence-corrected chi connectivity index (χ1v) is 8.77. The van der Waals surface area contributed by atoms with E-state index in [1.165, 1.54) is 0 Å². The molecule has 0 amide bonds. The van der Waals surface area contributed by atoms with Crippen molar-refractivity contribution in [2.75, 3.05) is 0 Å². The number of oxazole rings is 1. The van der Waals surface area contributed by atoms with Crippen LogP contribution in [0.25, 0.3) is 11.1 Å². The molecule has 120 valence electrons. The molecule has 3 rings (SSSR count). The number of aryl methyl sites for hydroxylation is 3. The Morgan fingerprint density at radius 2 is 1.74 bits per heavy atom. The zero-order valence-electron chi connectivity index (χ0n) is 13.3. The number of benzene rings is 2. The molecule has 0 unspecified atom stereocenters. The van der Waals surface area contributed by atoms with E-state index in [1.807, 2.05) is 37.3 Å². The smallest absolute Gasteiger partial charge is 0.241 e. The number of nitrogens with zero attached hydrogens (tertiary/aromatic N) is 1. The summed E-state index contributed by atoms with van der Waals surface area (Å²) in [4.78, 5) is 4.59. The van der Waals surface area contributed by atoms with Gasteiger partial charge in [-0.3, -0.25) is 0 Å². The van der Waals surface area contributed by atoms with Crippen LogP contribution in [0.5, 0.6) is 0 Å². The zero-order valence-corrected chi connectivity index (χ0v) is 14.1. The molecule has 0 radical (unpaired) electrons. The molecule has 0 aliphatic rings. The van der Waals surface area contributed by atoms with Gasteiger partial charge in [0.2, 0.25) is 15.9 Å². The summed E-state index contributed by atoms with van der Waals surface area (Å²) in [6.07, 6.45) is 0. The van der Waals surface area contributed by atoms with Gasteiger partial charge in [0, 0.05) is 0 Å². The van der Waals surface area contributed by atoms with E-state index >= 15 is 0 Å². The summed E-state index contributed by atoms with van der Waals surface area (Å²) in [7, 11) is -3.62. The van der Waals surface area contributed by atoms with E-state index in [1.54, 1.807) is 19.9 Å². The van der Waals surface area contributed by atoms with Crippen molar-refractivity contribution in [1.29, 1.82) is 0 Å². The van der Waals surface area contributed by atoms with E-state index in [4.69, 9.17) is 4.42 Å². The number of sulfonamides is 1. The van der Waals surface area contributed by atoms with Crippen LogP contribution in [0.3, 0.4) is 0 Å². The third kappa shape index (κ3) is 3.13. The van der Waals surface area contributed by atoms with Crippen molar-refractivity contribution in [3.8, 4) is 0 Å². The number of hydrogen-bond donors (Lipinski definition) is 1. The first-order valence-electron chi connectivity index (χ1n) is 7.29. The van der Waals surface area contributed by atoms with Crippen LogP contribution in [0.2, 0.25) is 0 Å². The van der Waals surface area contributed by atoms with E-state index < -0.39 is 10.0 Å².